The topological polar surface area (TPSA) is 61.9 Å². The van der Waals surface area contributed by atoms with Gasteiger partial charge in [-0.2, -0.15) is 16.4 Å². The van der Waals surface area contributed by atoms with Gasteiger partial charge in [0.1, 0.15) is 0 Å². The summed E-state index contributed by atoms with van der Waals surface area (Å²) in [5.41, 5.74) is 5.81. The number of nitrogens with one attached hydrogen (secondary N) is 1. The Balaban J connectivity index is 1.39. The SMILES string of the molecule is O=C(Cc1ccccn1)N1CCC2(CCCc3c(-c4ccsc4)n[nH]c32)C1. The third-order valence-corrected chi connectivity index (χ3v) is 6.72. The Labute approximate surface area is 162 Å². The number of pyridine rings is 1. The van der Waals surface area contributed by atoms with Crippen LogP contribution in [-0.4, -0.2) is 39.1 Å². The van der Waals surface area contributed by atoms with Crippen LogP contribution in [0.3, 0.4) is 0 Å². The van der Waals surface area contributed by atoms with E-state index in [2.05, 4.69) is 32.0 Å². The van der Waals surface area contributed by atoms with Crippen LogP contribution in [-0.2, 0) is 23.1 Å². The largest absolute Gasteiger partial charge is 0.341 e. The average molecular weight is 379 g/mol. The molecule has 3 aromatic rings. The van der Waals surface area contributed by atoms with Crippen LogP contribution in [0.4, 0.5) is 0 Å². The molecule has 1 aliphatic carbocycles. The summed E-state index contributed by atoms with van der Waals surface area (Å²) in [4.78, 5) is 19.1. The summed E-state index contributed by atoms with van der Waals surface area (Å²) < 4.78 is 0. The van der Waals surface area contributed by atoms with Crippen LogP contribution in [0.5, 0.6) is 0 Å². The number of amides is 1. The molecule has 1 N–H and O–H groups in total. The lowest BCUT2D eigenvalue weighted by molar-refractivity contribution is -0.129. The molecule has 0 saturated carbocycles. The number of rotatable bonds is 3. The van der Waals surface area contributed by atoms with Gasteiger partial charge in [0, 0.05) is 52.6 Å². The molecule has 1 fully saturated rings. The first-order chi connectivity index (χ1) is 13.3. The van der Waals surface area contributed by atoms with Crippen molar-refractivity contribution in [3.63, 3.8) is 0 Å². The monoisotopic (exact) mass is 378 g/mol. The first-order valence-corrected chi connectivity index (χ1v) is 10.5. The smallest absolute Gasteiger partial charge is 0.228 e. The summed E-state index contributed by atoms with van der Waals surface area (Å²) in [6, 6.07) is 7.88. The number of aromatic amines is 1. The van der Waals surface area contributed by atoms with E-state index in [9.17, 15) is 4.79 Å². The molecule has 1 amide bonds. The Morgan fingerprint density at radius 1 is 1.30 bits per heavy atom. The van der Waals surface area contributed by atoms with Crippen molar-refractivity contribution < 1.29 is 4.79 Å². The molecule has 1 atom stereocenters. The van der Waals surface area contributed by atoms with Crippen LogP contribution in [0.25, 0.3) is 11.3 Å². The Kier molecular flexibility index (Phi) is 4.08. The fourth-order valence-corrected chi connectivity index (χ4v) is 5.32. The molecule has 0 aromatic carbocycles. The van der Waals surface area contributed by atoms with E-state index in [0.717, 1.165) is 50.2 Å². The highest BCUT2D eigenvalue weighted by molar-refractivity contribution is 7.08. The lowest BCUT2D eigenvalue weighted by Gasteiger charge is -2.33. The van der Waals surface area contributed by atoms with Gasteiger partial charge in [0.25, 0.3) is 0 Å². The van der Waals surface area contributed by atoms with E-state index in [0.29, 0.717) is 6.42 Å². The molecule has 2 aliphatic rings. The summed E-state index contributed by atoms with van der Waals surface area (Å²) in [5, 5.41) is 12.3. The lowest BCUT2D eigenvalue weighted by atomic mass is 9.72. The van der Waals surface area contributed by atoms with Gasteiger partial charge in [-0.15, -0.1) is 0 Å². The van der Waals surface area contributed by atoms with Crippen molar-refractivity contribution in [1.82, 2.24) is 20.1 Å². The van der Waals surface area contributed by atoms with Crippen molar-refractivity contribution in [3.05, 3.63) is 58.2 Å². The molecular formula is C21H22N4OS. The van der Waals surface area contributed by atoms with Gasteiger partial charge >= 0.3 is 0 Å². The van der Waals surface area contributed by atoms with Gasteiger partial charge in [-0.1, -0.05) is 6.07 Å². The number of aromatic nitrogens is 3. The summed E-state index contributed by atoms with van der Waals surface area (Å²) in [6.07, 6.45) is 6.50. The van der Waals surface area contributed by atoms with Crippen molar-refractivity contribution in [2.45, 2.75) is 37.5 Å². The van der Waals surface area contributed by atoms with Crippen LogP contribution in [0.2, 0.25) is 0 Å². The third-order valence-electron chi connectivity index (χ3n) is 6.04. The van der Waals surface area contributed by atoms with Crippen molar-refractivity contribution in [2.24, 2.45) is 0 Å². The highest BCUT2D eigenvalue weighted by Crippen LogP contribution is 2.45. The number of carbonyl (C=O) groups excluding carboxylic acids is 1. The van der Waals surface area contributed by atoms with E-state index in [1.165, 1.54) is 16.8 Å². The molecule has 1 unspecified atom stereocenters. The van der Waals surface area contributed by atoms with Crippen molar-refractivity contribution in [1.29, 1.82) is 0 Å². The molecule has 3 aromatic heterocycles. The molecule has 27 heavy (non-hydrogen) atoms. The molecule has 0 radical (unpaired) electrons. The Hall–Kier alpha value is -2.47. The average Bonchev–Trinajstić information content (AvgIpc) is 3.43. The molecule has 1 aliphatic heterocycles. The number of thiophene rings is 1. The van der Waals surface area contributed by atoms with Crippen LogP contribution in [0, 0.1) is 0 Å². The fraction of sp³-hybridized carbons (Fsp3) is 0.381. The van der Waals surface area contributed by atoms with E-state index >= 15 is 0 Å². The maximum Gasteiger partial charge on any atom is 0.228 e. The zero-order chi connectivity index (χ0) is 18.3. The second-order valence-corrected chi connectivity index (χ2v) is 8.41. The van der Waals surface area contributed by atoms with Crippen LogP contribution in [0.1, 0.15) is 36.2 Å². The van der Waals surface area contributed by atoms with E-state index < -0.39 is 0 Å². The molecule has 4 heterocycles. The Bertz CT molecular complexity index is 950. The van der Waals surface area contributed by atoms with Crippen molar-refractivity contribution >= 4 is 17.2 Å². The van der Waals surface area contributed by atoms with Gasteiger partial charge in [-0.25, -0.2) is 0 Å². The number of H-pyrrole nitrogens is 1. The highest BCUT2D eigenvalue weighted by atomic mass is 32.1. The summed E-state index contributed by atoms with van der Waals surface area (Å²) in [5.74, 6) is 0.176. The molecular weight excluding hydrogens is 356 g/mol. The maximum absolute atomic E-state index is 12.8. The van der Waals surface area contributed by atoms with Gasteiger partial charge in [-0.3, -0.25) is 14.9 Å². The minimum Gasteiger partial charge on any atom is -0.341 e. The lowest BCUT2D eigenvalue weighted by Crippen LogP contribution is -2.37. The van der Waals surface area contributed by atoms with E-state index in [1.54, 1.807) is 17.5 Å². The summed E-state index contributed by atoms with van der Waals surface area (Å²) in [6.45, 7) is 1.61. The molecule has 5 nitrogen and oxygen atoms in total. The minimum absolute atomic E-state index is 0.0363. The molecule has 5 rings (SSSR count). The zero-order valence-electron chi connectivity index (χ0n) is 15.1. The number of hydrogen-bond donors (Lipinski definition) is 1. The van der Waals surface area contributed by atoms with Crippen LogP contribution < -0.4 is 0 Å². The van der Waals surface area contributed by atoms with E-state index in [4.69, 9.17) is 0 Å². The normalized spacial score (nSPS) is 21.6. The minimum atomic E-state index is 0.0363. The van der Waals surface area contributed by atoms with Crippen LogP contribution in [0.15, 0.2) is 41.2 Å². The molecule has 1 spiro atoms. The predicted molar refractivity (Wildman–Crippen MR) is 106 cm³/mol. The van der Waals surface area contributed by atoms with Gasteiger partial charge in [0.15, 0.2) is 0 Å². The number of carbonyl (C=O) groups is 1. The Morgan fingerprint density at radius 2 is 2.26 bits per heavy atom. The molecule has 0 bridgehead atoms. The van der Waals surface area contributed by atoms with Gasteiger partial charge in [0.2, 0.25) is 5.91 Å². The quantitative estimate of drug-likeness (QED) is 0.758. The van der Waals surface area contributed by atoms with Gasteiger partial charge in [0.05, 0.1) is 12.1 Å². The third kappa shape index (κ3) is 2.88. The Morgan fingerprint density at radius 3 is 3.07 bits per heavy atom. The van der Waals surface area contributed by atoms with E-state index in [-0.39, 0.29) is 11.3 Å². The first kappa shape index (κ1) is 16.7. The standard InChI is InChI=1S/C21H22N4OS/c26-18(12-16-4-1-2-9-22-16)25-10-8-21(14-25)7-3-5-17-19(23-24-20(17)21)15-6-11-27-13-15/h1-2,4,6,9,11,13H,3,5,7-8,10,12,14H2,(H,23,24). The van der Waals surface area contributed by atoms with Crippen LogP contribution >= 0.6 is 11.3 Å². The predicted octanol–water partition coefficient (Wildman–Crippen LogP) is 3.58. The maximum atomic E-state index is 12.8. The number of likely N-dealkylation sites (tertiary alicyclic amines) is 1. The molecule has 138 valence electrons. The van der Waals surface area contributed by atoms with Crippen molar-refractivity contribution in [3.8, 4) is 11.3 Å². The van der Waals surface area contributed by atoms with Gasteiger partial charge < -0.3 is 4.90 Å². The molecule has 1 saturated heterocycles. The highest BCUT2D eigenvalue weighted by Gasteiger charge is 2.45. The summed E-state index contributed by atoms with van der Waals surface area (Å²) >= 11 is 1.70. The number of hydrogen-bond acceptors (Lipinski definition) is 4. The molecule has 6 heteroatoms. The van der Waals surface area contributed by atoms with Gasteiger partial charge in [-0.05, 0) is 49.3 Å². The van der Waals surface area contributed by atoms with E-state index in [1.807, 2.05) is 23.1 Å². The first-order valence-electron chi connectivity index (χ1n) is 9.53. The zero-order valence-corrected chi connectivity index (χ0v) is 16.0. The summed E-state index contributed by atoms with van der Waals surface area (Å²) in [7, 11) is 0. The fourth-order valence-electron chi connectivity index (χ4n) is 4.68. The second-order valence-electron chi connectivity index (χ2n) is 7.63. The number of fused-ring (bicyclic) bond motifs is 2. The second kappa shape index (κ2) is 6.60. The van der Waals surface area contributed by atoms with Crippen molar-refractivity contribution in [2.75, 3.05) is 13.1 Å². The number of nitrogens with zero attached hydrogens (tertiary/aromatic N) is 3.